The Bertz CT molecular complexity index is 939. The van der Waals surface area contributed by atoms with Crippen LogP contribution < -0.4 is 9.46 Å². The first-order chi connectivity index (χ1) is 11.5. The summed E-state index contributed by atoms with van der Waals surface area (Å²) in [5, 5.41) is 9.28. The zero-order chi connectivity index (χ0) is 17.2. The Morgan fingerprint density at radius 2 is 1.71 bits per heavy atom. The molecule has 0 radical (unpaired) electrons. The maximum absolute atomic E-state index is 12.4. The summed E-state index contributed by atoms with van der Waals surface area (Å²) in [6, 6.07) is 13.1. The van der Waals surface area contributed by atoms with Crippen molar-refractivity contribution in [2.24, 2.45) is 0 Å². The van der Waals surface area contributed by atoms with Gasteiger partial charge in [0, 0.05) is 10.6 Å². The van der Waals surface area contributed by atoms with Crippen molar-refractivity contribution < 1.29 is 13.2 Å². The summed E-state index contributed by atoms with van der Waals surface area (Å²) in [6.45, 7) is 0. The maximum atomic E-state index is 12.4. The Kier molecular flexibility index (Phi) is 4.70. The first-order valence-electron chi connectivity index (χ1n) is 6.74. The molecule has 124 valence electrons. The second-order valence-electron chi connectivity index (χ2n) is 4.70. The van der Waals surface area contributed by atoms with Gasteiger partial charge in [-0.25, -0.2) is 8.42 Å². The molecule has 6 nitrogen and oxygen atoms in total. The fourth-order valence-corrected chi connectivity index (χ4v) is 4.01. The Morgan fingerprint density at radius 1 is 1.04 bits per heavy atom. The van der Waals surface area contributed by atoms with Crippen molar-refractivity contribution in [2.45, 2.75) is 4.90 Å². The molecular weight excluding hydrogens is 370 g/mol. The van der Waals surface area contributed by atoms with Gasteiger partial charge in [-0.2, -0.15) is 0 Å². The van der Waals surface area contributed by atoms with E-state index in [1.54, 1.807) is 36.4 Å². The number of benzene rings is 2. The van der Waals surface area contributed by atoms with Crippen LogP contribution in [0.5, 0.6) is 5.75 Å². The standard InChI is InChI=1S/C15H12ClN3O3S2/c1-22-12-6-8-13(9-7-12)24(20,21)19-15-18-17-14(23-15)10-2-4-11(16)5-3-10/h2-9H,1H3,(H,18,19). The van der Waals surface area contributed by atoms with Gasteiger partial charge in [-0.05, 0) is 36.4 Å². The second-order valence-corrected chi connectivity index (χ2v) is 7.80. The third-order valence-electron chi connectivity index (χ3n) is 3.11. The molecule has 1 heterocycles. The van der Waals surface area contributed by atoms with Crippen LogP contribution in [0.2, 0.25) is 5.02 Å². The van der Waals surface area contributed by atoms with E-state index in [1.165, 1.54) is 19.2 Å². The average molecular weight is 382 g/mol. The summed E-state index contributed by atoms with van der Waals surface area (Å²) in [7, 11) is -2.22. The van der Waals surface area contributed by atoms with Crippen LogP contribution in [0.3, 0.4) is 0 Å². The monoisotopic (exact) mass is 381 g/mol. The highest BCUT2D eigenvalue weighted by Gasteiger charge is 2.17. The van der Waals surface area contributed by atoms with E-state index in [0.717, 1.165) is 16.9 Å². The SMILES string of the molecule is COc1ccc(S(=O)(=O)Nc2nnc(-c3ccc(Cl)cc3)s2)cc1. The lowest BCUT2D eigenvalue weighted by Crippen LogP contribution is -2.12. The molecule has 0 bridgehead atoms. The summed E-state index contributed by atoms with van der Waals surface area (Å²) in [4.78, 5) is 0.117. The molecule has 2 aromatic carbocycles. The molecule has 0 amide bonds. The van der Waals surface area contributed by atoms with Crippen LogP contribution in [0.4, 0.5) is 5.13 Å². The van der Waals surface area contributed by atoms with Gasteiger partial charge in [0.15, 0.2) is 0 Å². The first kappa shape index (κ1) is 16.7. The van der Waals surface area contributed by atoms with Crippen LogP contribution in [-0.2, 0) is 10.0 Å². The average Bonchev–Trinajstić information content (AvgIpc) is 3.03. The van der Waals surface area contributed by atoms with Crippen molar-refractivity contribution in [2.75, 3.05) is 11.8 Å². The van der Waals surface area contributed by atoms with Crippen LogP contribution >= 0.6 is 22.9 Å². The molecule has 0 aliphatic rings. The zero-order valence-electron chi connectivity index (χ0n) is 12.4. The van der Waals surface area contributed by atoms with Gasteiger partial charge >= 0.3 is 0 Å². The minimum Gasteiger partial charge on any atom is -0.497 e. The topological polar surface area (TPSA) is 81.2 Å². The molecule has 3 aromatic rings. The number of anilines is 1. The van der Waals surface area contributed by atoms with E-state index < -0.39 is 10.0 Å². The molecule has 1 N–H and O–H groups in total. The first-order valence-corrected chi connectivity index (χ1v) is 9.42. The minimum atomic E-state index is -3.73. The number of methoxy groups -OCH3 is 1. The lowest BCUT2D eigenvalue weighted by Gasteiger charge is -2.05. The molecule has 0 saturated heterocycles. The summed E-state index contributed by atoms with van der Waals surface area (Å²) in [6.07, 6.45) is 0. The molecule has 0 spiro atoms. The van der Waals surface area contributed by atoms with Gasteiger partial charge in [-0.15, -0.1) is 10.2 Å². The molecule has 24 heavy (non-hydrogen) atoms. The van der Waals surface area contributed by atoms with Crippen molar-refractivity contribution >= 4 is 38.1 Å². The minimum absolute atomic E-state index is 0.117. The highest BCUT2D eigenvalue weighted by molar-refractivity contribution is 7.93. The summed E-state index contributed by atoms with van der Waals surface area (Å²) >= 11 is 6.99. The van der Waals surface area contributed by atoms with Crippen LogP contribution in [0, 0.1) is 0 Å². The number of nitrogens with zero attached hydrogens (tertiary/aromatic N) is 2. The number of hydrogen-bond acceptors (Lipinski definition) is 6. The van der Waals surface area contributed by atoms with E-state index in [2.05, 4.69) is 14.9 Å². The van der Waals surface area contributed by atoms with E-state index in [-0.39, 0.29) is 10.0 Å². The predicted molar refractivity (Wildman–Crippen MR) is 94.2 cm³/mol. The second kappa shape index (κ2) is 6.76. The smallest absolute Gasteiger partial charge is 0.263 e. The molecule has 0 atom stereocenters. The lowest BCUT2D eigenvalue weighted by atomic mass is 10.2. The Balaban J connectivity index is 1.81. The normalized spacial score (nSPS) is 11.2. The van der Waals surface area contributed by atoms with E-state index in [1.807, 2.05) is 0 Å². The summed E-state index contributed by atoms with van der Waals surface area (Å²) in [5.74, 6) is 0.579. The van der Waals surface area contributed by atoms with Crippen molar-refractivity contribution in [3.63, 3.8) is 0 Å². The highest BCUT2D eigenvalue weighted by Crippen LogP contribution is 2.28. The lowest BCUT2D eigenvalue weighted by molar-refractivity contribution is 0.414. The predicted octanol–water partition coefficient (Wildman–Crippen LogP) is 3.67. The van der Waals surface area contributed by atoms with Crippen molar-refractivity contribution in [1.29, 1.82) is 0 Å². The van der Waals surface area contributed by atoms with Gasteiger partial charge in [0.2, 0.25) is 5.13 Å². The molecule has 3 rings (SSSR count). The van der Waals surface area contributed by atoms with E-state index in [0.29, 0.717) is 15.8 Å². The van der Waals surface area contributed by atoms with Crippen LogP contribution in [0.15, 0.2) is 53.4 Å². The number of aromatic nitrogens is 2. The quantitative estimate of drug-likeness (QED) is 0.729. The zero-order valence-corrected chi connectivity index (χ0v) is 14.8. The molecule has 9 heteroatoms. The van der Waals surface area contributed by atoms with Crippen LogP contribution in [0.25, 0.3) is 10.6 Å². The Labute approximate surface area is 148 Å². The molecule has 0 fully saturated rings. The van der Waals surface area contributed by atoms with Gasteiger partial charge in [0.05, 0.1) is 12.0 Å². The van der Waals surface area contributed by atoms with Gasteiger partial charge in [0.25, 0.3) is 10.0 Å². The van der Waals surface area contributed by atoms with Crippen molar-refractivity contribution in [3.05, 3.63) is 53.6 Å². The number of sulfonamides is 1. The third kappa shape index (κ3) is 3.66. The van der Waals surface area contributed by atoms with E-state index in [4.69, 9.17) is 16.3 Å². The largest absolute Gasteiger partial charge is 0.497 e. The number of ether oxygens (including phenoxy) is 1. The molecule has 1 aromatic heterocycles. The molecule has 0 saturated carbocycles. The van der Waals surface area contributed by atoms with E-state index >= 15 is 0 Å². The fraction of sp³-hybridized carbons (Fsp3) is 0.0667. The van der Waals surface area contributed by atoms with Crippen molar-refractivity contribution in [3.8, 4) is 16.3 Å². The highest BCUT2D eigenvalue weighted by atomic mass is 35.5. The summed E-state index contributed by atoms with van der Waals surface area (Å²) < 4.78 is 32.2. The fourth-order valence-electron chi connectivity index (χ4n) is 1.90. The van der Waals surface area contributed by atoms with Gasteiger partial charge < -0.3 is 4.74 Å². The van der Waals surface area contributed by atoms with Crippen molar-refractivity contribution in [1.82, 2.24) is 10.2 Å². The molecule has 0 aliphatic heterocycles. The maximum Gasteiger partial charge on any atom is 0.263 e. The molecule has 0 unspecified atom stereocenters. The van der Waals surface area contributed by atoms with Gasteiger partial charge in [0.1, 0.15) is 10.8 Å². The summed E-state index contributed by atoms with van der Waals surface area (Å²) in [5.41, 5.74) is 0.812. The van der Waals surface area contributed by atoms with Crippen LogP contribution in [-0.4, -0.2) is 25.7 Å². The number of rotatable bonds is 5. The third-order valence-corrected chi connectivity index (χ3v) is 5.73. The molecular formula is C15H12ClN3O3S2. The number of halogens is 1. The van der Waals surface area contributed by atoms with Gasteiger partial charge in [-0.3, -0.25) is 4.72 Å². The molecule has 0 aliphatic carbocycles. The Morgan fingerprint density at radius 3 is 2.33 bits per heavy atom. The van der Waals surface area contributed by atoms with Crippen LogP contribution in [0.1, 0.15) is 0 Å². The van der Waals surface area contributed by atoms with Gasteiger partial charge in [-0.1, -0.05) is 35.1 Å². The Hall–Kier alpha value is -2.16. The number of hydrogen-bond donors (Lipinski definition) is 1. The number of nitrogens with one attached hydrogen (secondary N) is 1. The van der Waals surface area contributed by atoms with E-state index in [9.17, 15) is 8.42 Å².